The third-order valence-corrected chi connectivity index (χ3v) is 8.53. The van der Waals surface area contributed by atoms with E-state index in [0.29, 0.717) is 40.8 Å². The summed E-state index contributed by atoms with van der Waals surface area (Å²) in [5.41, 5.74) is 0.0494. The molecule has 1 unspecified atom stereocenters. The van der Waals surface area contributed by atoms with E-state index in [1.165, 1.54) is 0 Å². The summed E-state index contributed by atoms with van der Waals surface area (Å²) in [6.45, 7) is 1.72. The van der Waals surface area contributed by atoms with Crippen LogP contribution in [0.5, 0.6) is 11.5 Å². The molecule has 216 valence electrons. The molecule has 1 aliphatic heterocycles. The lowest BCUT2D eigenvalue weighted by atomic mass is 9.83. The van der Waals surface area contributed by atoms with Crippen molar-refractivity contribution in [3.05, 3.63) is 53.5 Å². The van der Waals surface area contributed by atoms with Gasteiger partial charge in [0.15, 0.2) is 11.3 Å². The number of furan rings is 1. The number of carbonyl (C=O) groups excluding carboxylic acids is 3. The molecule has 0 spiro atoms. The molecule has 0 radical (unpaired) electrons. The van der Waals surface area contributed by atoms with Gasteiger partial charge in [-0.3, -0.25) is 19.4 Å². The third-order valence-electron chi connectivity index (χ3n) is 8.53. The summed E-state index contributed by atoms with van der Waals surface area (Å²) >= 11 is 0. The summed E-state index contributed by atoms with van der Waals surface area (Å²) < 4.78 is 23.1. The molecule has 0 saturated heterocycles. The number of hydrogen-bond acceptors (Lipinski definition) is 8. The van der Waals surface area contributed by atoms with Crippen LogP contribution in [0.1, 0.15) is 65.6 Å². The van der Waals surface area contributed by atoms with E-state index in [2.05, 4.69) is 15.6 Å². The minimum atomic E-state index is -1.35. The number of hydrogen-bond donors (Lipinski definition) is 2. The number of pyridine rings is 1. The minimum absolute atomic E-state index is 0.00561. The number of nitrogens with one attached hydrogen (secondary N) is 2. The van der Waals surface area contributed by atoms with Crippen molar-refractivity contribution >= 4 is 28.7 Å². The van der Waals surface area contributed by atoms with Crippen LogP contribution < -0.4 is 20.1 Å². The number of fused-ring (bicyclic) bond motifs is 3. The molecule has 1 aromatic carbocycles. The number of methoxy groups -OCH3 is 2. The number of aromatic nitrogens is 1. The van der Waals surface area contributed by atoms with Crippen LogP contribution >= 0.6 is 0 Å². The molecule has 0 bridgehead atoms. The molecular weight excluding hydrogens is 528 g/mol. The molecular formula is C30H34N4O7. The highest BCUT2D eigenvalue weighted by molar-refractivity contribution is 6.06. The van der Waals surface area contributed by atoms with Gasteiger partial charge in [-0.25, -0.2) is 0 Å². The van der Waals surface area contributed by atoms with Gasteiger partial charge in [0.2, 0.25) is 11.7 Å². The van der Waals surface area contributed by atoms with Gasteiger partial charge in [-0.15, -0.1) is 0 Å². The average Bonchev–Trinajstić information content (AvgIpc) is 3.26. The zero-order valence-electron chi connectivity index (χ0n) is 23.4. The van der Waals surface area contributed by atoms with E-state index in [1.54, 1.807) is 62.6 Å². The molecule has 2 aromatic heterocycles. The van der Waals surface area contributed by atoms with Gasteiger partial charge in [0.05, 0.1) is 25.1 Å². The van der Waals surface area contributed by atoms with E-state index in [4.69, 9.17) is 18.6 Å². The van der Waals surface area contributed by atoms with E-state index < -0.39 is 11.4 Å². The zero-order chi connectivity index (χ0) is 28.7. The second kappa shape index (κ2) is 10.7. The Hall–Kier alpha value is -4.12. The Labute approximate surface area is 237 Å². The topological polar surface area (TPSA) is 132 Å². The fourth-order valence-corrected chi connectivity index (χ4v) is 5.72. The van der Waals surface area contributed by atoms with Gasteiger partial charge in [-0.1, -0.05) is 0 Å². The van der Waals surface area contributed by atoms with Crippen LogP contribution in [-0.4, -0.2) is 72.2 Å². The maximum absolute atomic E-state index is 14.2. The number of rotatable bonds is 8. The fourth-order valence-electron chi connectivity index (χ4n) is 5.72. The number of carbonyl (C=O) groups is 3. The second-order valence-corrected chi connectivity index (χ2v) is 11.1. The molecule has 6 rings (SSSR count). The van der Waals surface area contributed by atoms with Gasteiger partial charge in [0.25, 0.3) is 11.8 Å². The Balaban J connectivity index is 1.30. The average molecular weight is 563 g/mol. The first-order chi connectivity index (χ1) is 19.8. The number of ether oxygens (including phenoxy) is 3. The lowest BCUT2D eigenvalue weighted by Crippen LogP contribution is -2.66. The summed E-state index contributed by atoms with van der Waals surface area (Å²) in [5.74, 6) is -0.167. The highest BCUT2D eigenvalue weighted by Gasteiger charge is 2.53. The lowest BCUT2D eigenvalue weighted by molar-refractivity contribution is -0.138. The Morgan fingerprint density at radius 1 is 1.20 bits per heavy atom. The Kier molecular flexibility index (Phi) is 7.06. The number of nitrogens with zero attached hydrogens (tertiary/aromatic N) is 2. The third kappa shape index (κ3) is 4.77. The van der Waals surface area contributed by atoms with Gasteiger partial charge in [0, 0.05) is 31.0 Å². The Morgan fingerprint density at radius 3 is 2.71 bits per heavy atom. The predicted octanol–water partition coefficient (Wildman–Crippen LogP) is 3.21. The molecule has 1 atom stereocenters. The summed E-state index contributed by atoms with van der Waals surface area (Å²) in [6.07, 6.45) is 5.86. The molecule has 3 heterocycles. The highest BCUT2D eigenvalue weighted by Crippen LogP contribution is 2.42. The quantitative estimate of drug-likeness (QED) is 0.428. The summed E-state index contributed by atoms with van der Waals surface area (Å²) in [7, 11) is 3.18. The van der Waals surface area contributed by atoms with Gasteiger partial charge < -0.3 is 34.2 Å². The van der Waals surface area contributed by atoms with Crippen LogP contribution in [-0.2, 0) is 16.1 Å². The van der Waals surface area contributed by atoms with Crippen molar-refractivity contribution in [1.29, 1.82) is 0 Å². The zero-order valence-corrected chi connectivity index (χ0v) is 23.4. The molecule has 11 heteroatoms. The number of amides is 3. The maximum atomic E-state index is 14.2. The molecule has 2 fully saturated rings. The maximum Gasteiger partial charge on any atom is 0.294 e. The SMILES string of the molecule is COc1cccnc1CNC(=O)C1(C)COc2c(oc3cc(C(=O)NC4CCC4)ccc23)C(=O)N1[C@H]1C[C@@H](OC)C1. The van der Waals surface area contributed by atoms with Crippen molar-refractivity contribution in [2.75, 3.05) is 20.8 Å². The summed E-state index contributed by atoms with van der Waals surface area (Å²) in [6, 6.07) is 8.53. The van der Waals surface area contributed by atoms with Crippen LogP contribution in [0.4, 0.5) is 0 Å². The van der Waals surface area contributed by atoms with Crippen LogP contribution in [0, 0.1) is 0 Å². The van der Waals surface area contributed by atoms with Crippen molar-refractivity contribution in [2.45, 2.75) is 69.3 Å². The van der Waals surface area contributed by atoms with Crippen molar-refractivity contribution in [1.82, 2.24) is 20.5 Å². The first-order valence-electron chi connectivity index (χ1n) is 13.9. The van der Waals surface area contributed by atoms with E-state index in [9.17, 15) is 14.4 Å². The van der Waals surface area contributed by atoms with Gasteiger partial charge in [-0.2, -0.15) is 0 Å². The van der Waals surface area contributed by atoms with E-state index in [-0.39, 0.29) is 54.7 Å². The van der Waals surface area contributed by atoms with Crippen LogP contribution in [0.15, 0.2) is 40.9 Å². The smallest absolute Gasteiger partial charge is 0.294 e. The fraction of sp³-hybridized carbons (Fsp3) is 0.467. The van der Waals surface area contributed by atoms with E-state index in [1.807, 2.05) is 0 Å². The first kappa shape index (κ1) is 27.1. The molecule has 11 nitrogen and oxygen atoms in total. The largest absolute Gasteiger partial charge is 0.495 e. The number of benzene rings is 1. The van der Waals surface area contributed by atoms with Crippen LogP contribution in [0.2, 0.25) is 0 Å². The highest BCUT2D eigenvalue weighted by atomic mass is 16.5. The van der Waals surface area contributed by atoms with Crippen molar-refractivity contribution in [3.8, 4) is 11.5 Å². The van der Waals surface area contributed by atoms with Crippen molar-refractivity contribution in [2.24, 2.45) is 0 Å². The minimum Gasteiger partial charge on any atom is -0.495 e. The first-order valence-corrected chi connectivity index (χ1v) is 13.9. The van der Waals surface area contributed by atoms with Crippen molar-refractivity contribution < 1.29 is 33.0 Å². The molecule has 3 aromatic rings. The van der Waals surface area contributed by atoms with Crippen LogP contribution in [0.3, 0.4) is 0 Å². The molecule has 2 aliphatic carbocycles. The van der Waals surface area contributed by atoms with Gasteiger partial charge >= 0.3 is 0 Å². The predicted molar refractivity (Wildman–Crippen MR) is 148 cm³/mol. The standard InChI is InChI=1S/C30H34N4O7/c1-30(29(37)32-15-22-23(39-3)8-5-11-31-22)16-40-25-21-10-9-17(27(35)33-18-6-4-7-18)12-24(21)41-26(25)28(36)34(30)19-13-20(14-19)38-2/h5,8-12,18-20H,4,6-7,13-16H2,1-3H3,(H,32,37)(H,33,35)/t19-,20+,30?. The van der Waals surface area contributed by atoms with Gasteiger partial charge in [0.1, 0.15) is 23.6 Å². The normalized spacial score (nSPS) is 24.0. The summed E-state index contributed by atoms with van der Waals surface area (Å²) in [4.78, 5) is 46.6. The Bertz CT molecular complexity index is 1490. The molecule has 2 N–H and O–H groups in total. The van der Waals surface area contributed by atoms with Gasteiger partial charge in [-0.05, 0) is 69.4 Å². The molecule has 2 saturated carbocycles. The van der Waals surface area contributed by atoms with Crippen LogP contribution in [0.25, 0.3) is 11.0 Å². The lowest BCUT2D eigenvalue weighted by Gasteiger charge is -2.48. The molecule has 3 aliphatic rings. The van der Waals surface area contributed by atoms with E-state index in [0.717, 1.165) is 19.3 Å². The van der Waals surface area contributed by atoms with Crippen molar-refractivity contribution in [3.63, 3.8) is 0 Å². The molecule has 41 heavy (non-hydrogen) atoms. The second-order valence-electron chi connectivity index (χ2n) is 11.1. The summed E-state index contributed by atoms with van der Waals surface area (Å²) in [5, 5.41) is 6.52. The molecule has 3 amide bonds. The monoisotopic (exact) mass is 562 g/mol. The van der Waals surface area contributed by atoms with E-state index >= 15 is 0 Å². The Morgan fingerprint density at radius 2 is 2.00 bits per heavy atom.